The molecular formula is C13H15NO. The van der Waals surface area contributed by atoms with E-state index in [1.165, 1.54) is 11.1 Å². The average Bonchev–Trinajstić information content (AvgIpc) is 2.20. The van der Waals surface area contributed by atoms with Crippen LogP contribution in [0.4, 0.5) is 0 Å². The van der Waals surface area contributed by atoms with E-state index in [1.54, 1.807) is 0 Å². The molecule has 78 valence electrons. The lowest BCUT2D eigenvalue weighted by molar-refractivity contribution is -0.120. The highest BCUT2D eigenvalue weighted by molar-refractivity contribution is 5.86. The molecule has 1 unspecified atom stereocenters. The molecule has 1 aromatic carbocycles. The van der Waals surface area contributed by atoms with Crippen LogP contribution in [0.25, 0.3) is 6.08 Å². The molecule has 0 fully saturated rings. The number of hydrogen-bond acceptors (Lipinski definition) is 1. The molecule has 0 N–H and O–H groups in total. The number of carbonyl (C=O) groups excluding carboxylic acids is 1. The molecule has 2 nitrogen and oxygen atoms in total. The Balaban J connectivity index is 2.71. The first-order valence-electron chi connectivity index (χ1n) is 5.33. The van der Waals surface area contributed by atoms with Gasteiger partial charge < -0.3 is 0 Å². The Morgan fingerprint density at radius 3 is 2.60 bits per heavy atom. The SMILES string of the molecule is CCC1C=c2cc(C)c(C)cc2=NC1=O. The van der Waals surface area contributed by atoms with E-state index >= 15 is 0 Å². The minimum atomic E-state index is -0.0281. The molecule has 15 heavy (non-hydrogen) atoms. The summed E-state index contributed by atoms with van der Waals surface area (Å²) in [5.41, 5.74) is 2.44. The Morgan fingerprint density at radius 2 is 1.93 bits per heavy atom. The third-order valence-electron chi connectivity index (χ3n) is 3.01. The highest BCUT2D eigenvalue weighted by atomic mass is 16.1. The van der Waals surface area contributed by atoms with E-state index in [1.807, 2.05) is 26.0 Å². The van der Waals surface area contributed by atoms with Gasteiger partial charge in [0, 0.05) is 0 Å². The van der Waals surface area contributed by atoms with Crippen LogP contribution in [-0.2, 0) is 4.79 Å². The zero-order valence-electron chi connectivity index (χ0n) is 9.37. The number of rotatable bonds is 1. The molecule has 0 aliphatic carbocycles. The van der Waals surface area contributed by atoms with Gasteiger partial charge in [-0.05, 0) is 48.7 Å². The molecule has 0 spiro atoms. The van der Waals surface area contributed by atoms with Crippen LogP contribution >= 0.6 is 0 Å². The molecular weight excluding hydrogens is 186 g/mol. The van der Waals surface area contributed by atoms with Crippen LogP contribution in [0.3, 0.4) is 0 Å². The lowest BCUT2D eigenvalue weighted by Gasteiger charge is -2.10. The second-order valence-corrected chi connectivity index (χ2v) is 4.13. The third kappa shape index (κ3) is 1.72. The summed E-state index contributed by atoms with van der Waals surface area (Å²) in [5.74, 6) is -0.0344. The lowest BCUT2D eigenvalue weighted by Crippen LogP contribution is -2.34. The Morgan fingerprint density at radius 1 is 1.27 bits per heavy atom. The van der Waals surface area contributed by atoms with Gasteiger partial charge in [-0.1, -0.05) is 13.0 Å². The Kier molecular flexibility index (Phi) is 2.43. The molecule has 0 bridgehead atoms. The summed E-state index contributed by atoms with van der Waals surface area (Å²) in [4.78, 5) is 15.7. The number of amides is 1. The van der Waals surface area contributed by atoms with Crippen LogP contribution in [0, 0.1) is 19.8 Å². The van der Waals surface area contributed by atoms with Crippen LogP contribution in [-0.4, -0.2) is 5.91 Å². The first kappa shape index (κ1) is 10.1. The van der Waals surface area contributed by atoms with E-state index < -0.39 is 0 Å². The van der Waals surface area contributed by atoms with Crippen molar-refractivity contribution in [2.45, 2.75) is 27.2 Å². The van der Waals surface area contributed by atoms with E-state index in [2.05, 4.69) is 18.0 Å². The number of nitrogens with zero attached hydrogens (tertiary/aromatic N) is 1. The van der Waals surface area contributed by atoms with Gasteiger partial charge >= 0.3 is 0 Å². The van der Waals surface area contributed by atoms with Crippen molar-refractivity contribution in [1.29, 1.82) is 0 Å². The summed E-state index contributed by atoms with van der Waals surface area (Å²) in [7, 11) is 0. The number of aryl methyl sites for hydroxylation is 2. The van der Waals surface area contributed by atoms with Gasteiger partial charge in [0.2, 0.25) is 0 Å². The summed E-state index contributed by atoms with van der Waals surface area (Å²) >= 11 is 0. The van der Waals surface area contributed by atoms with E-state index in [9.17, 15) is 4.79 Å². The molecule has 1 aromatic rings. The molecule has 1 atom stereocenters. The summed E-state index contributed by atoms with van der Waals surface area (Å²) in [5, 5.41) is 1.93. The van der Waals surface area contributed by atoms with Gasteiger partial charge in [0.25, 0.3) is 5.91 Å². The number of benzene rings is 1. The van der Waals surface area contributed by atoms with Gasteiger partial charge in [-0.25, -0.2) is 4.99 Å². The van der Waals surface area contributed by atoms with E-state index in [0.717, 1.165) is 17.0 Å². The predicted octanol–water partition coefficient (Wildman–Crippen LogP) is 1.27. The maximum absolute atomic E-state index is 11.6. The summed E-state index contributed by atoms with van der Waals surface area (Å²) in [6, 6.07) is 4.11. The Bertz CT molecular complexity index is 528. The van der Waals surface area contributed by atoms with Crippen LogP contribution in [0.15, 0.2) is 17.1 Å². The van der Waals surface area contributed by atoms with Crippen molar-refractivity contribution in [2.75, 3.05) is 0 Å². The number of hydrogen-bond donors (Lipinski definition) is 0. The van der Waals surface area contributed by atoms with Crippen LogP contribution < -0.4 is 10.6 Å². The van der Waals surface area contributed by atoms with Crippen molar-refractivity contribution >= 4 is 12.0 Å². The first-order valence-corrected chi connectivity index (χ1v) is 5.33. The minimum absolute atomic E-state index is 0.00625. The summed E-state index contributed by atoms with van der Waals surface area (Å²) < 4.78 is 0. The van der Waals surface area contributed by atoms with Crippen LogP contribution in [0.5, 0.6) is 0 Å². The quantitative estimate of drug-likeness (QED) is 0.673. The van der Waals surface area contributed by atoms with E-state index in [-0.39, 0.29) is 11.8 Å². The van der Waals surface area contributed by atoms with Crippen LogP contribution in [0.1, 0.15) is 24.5 Å². The maximum Gasteiger partial charge on any atom is 0.253 e. The van der Waals surface area contributed by atoms with Gasteiger partial charge in [0.05, 0.1) is 11.3 Å². The molecule has 1 heterocycles. The van der Waals surface area contributed by atoms with Gasteiger partial charge in [-0.3, -0.25) is 4.79 Å². The van der Waals surface area contributed by atoms with Gasteiger partial charge in [0.15, 0.2) is 0 Å². The highest BCUT2D eigenvalue weighted by Gasteiger charge is 2.15. The molecule has 2 rings (SSSR count). The largest absolute Gasteiger partial charge is 0.272 e. The van der Waals surface area contributed by atoms with Crippen molar-refractivity contribution in [3.63, 3.8) is 0 Å². The number of fused-ring (bicyclic) bond motifs is 1. The zero-order valence-corrected chi connectivity index (χ0v) is 9.37. The fraction of sp³-hybridized carbons (Fsp3) is 0.385. The molecule has 1 amide bonds. The Labute approximate surface area is 89.3 Å². The molecule has 1 aliphatic rings. The van der Waals surface area contributed by atoms with Crippen molar-refractivity contribution in [3.8, 4) is 0 Å². The van der Waals surface area contributed by atoms with Crippen molar-refractivity contribution in [2.24, 2.45) is 10.9 Å². The normalized spacial score (nSPS) is 19.1. The van der Waals surface area contributed by atoms with Crippen molar-refractivity contribution in [1.82, 2.24) is 0 Å². The van der Waals surface area contributed by atoms with E-state index in [0.29, 0.717) is 0 Å². The monoisotopic (exact) mass is 201 g/mol. The molecule has 2 heteroatoms. The molecule has 1 aliphatic heterocycles. The molecule has 0 aromatic heterocycles. The fourth-order valence-corrected chi connectivity index (χ4v) is 1.84. The second kappa shape index (κ2) is 3.61. The maximum atomic E-state index is 11.6. The summed E-state index contributed by atoms with van der Waals surface area (Å²) in [6.07, 6.45) is 2.87. The topological polar surface area (TPSA) is 29.4 Å². The van der Waals surface area contributed by atoms with Crippen LogP contribution in [0.2, 0.25) is 0 Å². The van der Waals surface area contributed by atoms with Crippen molar-refractivity contribution < 1.29 is 4.79 Å². The first-order chi connectivity index (χ1) is 7.11. The van der Waals surface area contributed by atoms with Crippen molar-refractivity contribution in [3.05, 3.63) is 33.8 Å². The third-order valence-corrected chi connectivity index (χ3v) is 3.01. The summed E-state index contributed by atoms with van der Waals surface area (Å²) in [6.45, 7) is 6.14. The predicted molar refractivity (Wildman–Crippen MR) is 60.0 cm³/mol. The minimum Gasteiger partial charge on any atom is -0.272 e. The fourth-order valence-electron chi connectivity index (χ4n) is 1.84. The molecule has 0 saturated carbocycles. The zero-order chi connectivity index (χ0) is 11.0. The van der Waals surface area contributed by atoms with Gasteiger partial charge in [-0.15, -0.1) is 0 Å². The van der Waals surface area contributed by atoms with E-state index in [4.69, 9.17) is 0 Å². The smallest absolute Gasteiger partial charge is 0.253 e. The standard InChI is InChI=1S/C13H15NO/c1-4-10-7-11-5-8(2)9(3)6-12(11)14-13(10)15/h5-7,10H,4H2,1-3H3. The Hall–Kier alpha value is -1.44. The average molecular weight is 201 g/mol. The molecule has 0 saturated heterocycles. The van der Waals surface area contributed by atoms with Gasteiger partial charge in [0.1, 0.15) is 0 Å². The molecule has 0 radical (unpaired) electrons. The lowest BCUT2D eigenvalue weighted by atomic mass is 9.99. The second-order valence-electron chi connectivity index (χ2n) is 4.13. The highest BCUT2D eigenvalue weighted by Crippen LogP contribution is 2.09. The number of carbonyl (C=O) groups is 1. The van der Waals surface area contributed by atoms with Gasteiger partial charge in [-0.2, -0.15) is 0 Å².